The third-order valence-electron chi connectivity index (χ3n) is 10.8. The van der Waals surface area contributed by atoms with Crippen molar-refractivity contribution in [2.75, 3.05) is 52.9 Å². The quantitative estimate of drug-likeness (QED) is 0.0317. The molecule has 3 heterocycles. The van der Waals surface area contributed by atoms with Crippen LogP contribution in [0.15, 0.2) is 24.3 Å². The Bertz CT molecular complexity index is 1670. The van der Waals surface area contributed by atoms with Gasteiger partial charge >= 0.3 is 7.60 Å². The van der Waals surface area contributed by atoms with E-state index in [4.69, 9.17) is 42.6 Å². The summed E-state index contributed by atoms with van der Waals surface area (Å²) >= 11 is 0. The molecule has 0 spiro atoms. The second-order valence-electron chi connectivity index (χ2n) is 16.0. The van der Waals surface area contributed by atoms with E-state index in [1.54, 1.807) is 18.2 Å². The first-order valence-corrected chi connectivity index (χ1v) is 23.5. The van der Waals surface area contributed by atoms with Gasteiger partial charge in [-0.25, -0.2) is 0 Å². The first-order chi connectivity index (χ1) is 30.9. The number of unbranched alkanes of at least 4 members (excludes halogenated alkanes) is 4. The van der Waals surface area contributed by atoms with Gasteiger partial charge in [-0.3, -0.25) is 18.9 Å². The van der Waals surface area contributed by atoms with E-state index in [9.17, 15) is 64.9 Å². The van der Waals surface area contributed by atoms with Gasteiger partial charge < -0.3 is 99.2 Å². The van der Waals surface area contributed by atoms with Crippen molar-refractivity contribution in [1.29, 1.82) is 0 Å². The van der Waals surface area contributed by atoms with E-state index in [0.717, 1.165) is 26.4 Å². The molecule has 1 aromatic rings. The van der Waals surface area contributed by atoms with Gasteiger partial charge in [0.2, 0.25) is 5.91 Å². The Hall–Kier alpha value is -2.82. The van der Waals surface area contributed by atoms with Crippen LogP contribution in [0.25, 0.3) is 0 Å². The van der Waals surface area contributed by atoms with Gasteiger partial charge in [-0.1, -0.05) is 18.9 Å². The van der Waals surface area contributed by atoms with Crippen LogP contribution >= 0.6 is 7.60 Å². The van der Waals surface area contributed by atoms with E-state index in [1.807, 2.05) is 0 Å². The molecule has 0 bridgehead atoms. The van der Waals surface area contributed by atoms with E-state index in [1.165, 1.54) is 6.07 Å². The van der Waals surface area contributed by atoms with Gasteiger partial charge in [0, 0.05) is 38.7 Å². The first kappa shape index (κ1) is 54.8. The molecule has 0 aliphatic carbocycles. The molecule has 0 saturated carbocycles. The standard InChI is InChI=1S/C40H65N2O22P/c1-21(46)42-28-31(50)35(63-40-34(53)36(30(49)26(18-44)61-40)64-39-33(52)32(51)29(48)25(17-43)60-39)27(19-45)62-38(28)57-14-8-5-11-23(47)20-58-24-12-9-10-22(16-24)37(54)41-13-6-3-4-7-15-59-65(2,55)56/h9-10,12,16,25-36,38-40,43-45,48-53H,3-8,11,13-15,17-20H2,1-2H3,(H,41,54)(H,42,46)(H,55,56)/t25?,26?,27?,28?,29-,30-,31+,32?,33-,34?,35+,36-,38+,39+,40-/m0/s1. The molecular formula is C40H65N2O22P. The molecule has 3 aliphatic rings. The fourth-order valence-electron chi connectivity index (χ4n) is 7.29. The topological polar surface area (TPSA) is 368 Å². The zero-order chi connectivity index (χ0) is 47.8. The van der Waals surface area contributed by atoms with Crippen LogP contribution in [0.5, 0.6) is 5.75 Å². The molecule has 65 heavy (non-hydrogen) atoms. The molecule has 3 fully saturated rings. The minimum absolute atomic E-state index is 0.0277. The number of aliphatic hydroxyl groups excluding tert-OH is 9. The Morgan fingerprint density at radius 2 is 1.32 bits per heavy atom. The molecule has 1 aromatic carbocycles. The molecule has 25 heteroatoms. The summed E-state index contributed by atoms with van der Waals surface area (Å²) in [6.07, 6.45) is -19.9. The van der Waals surface area contributed by atoms with Crippen molar-refractivity contribution in [3.8, 4) is 5.75 Å². The molecule has 3 aliphatic heterocycles. The van der Waals surface area contributed by atoms with Crippen molar-refractivity contribution < 1.29 is 107 Å². The van der Waals surface area contributed by atoms with Crippen LogP contribution in [0.3, 0.4) is 0 Å². The second kappa shape index (κ2) is 26.7. The van der Waals surface area contributed by atoms with Crippen molar-refractivity contribution in [3.05, 3.63) is 29.8 Å². The summed E-state index contributed by atoms with van der Waals surface area (Å²) in [7, 11) is -3.48. The number of hydrogen-bond acceptors (Lipinski definition) is 21. The van der Waals surface area contributed by atoms with Crippen LogP contribution in [-0.4, -0.2) is 213 Å². The Balaban J connectivity index is 1.24. The molecule has 372 valence electrons. The Kier molecular flexibility index (Phi) is 22.5. The highest BCUT2D eigenvalue weighted by atomic mass is 31.2. The van der Waals surface area contributed by atoms with Gasteiger partial charge in [0.15, 0.2) is 24.7 Å². The van der Waals surface area contributed by atoms with Crippen molar-refractivity contribution in [1.82, 2.24) is 10.6 Å². The molecule has 7 unspecified atom stereocenters. The lowest BCUT2D eigenvalue weighted by atomic mass is 9.95. The lowest BCUT2D eigenvalue weighted by Crippen LogP contribution is -2.68. The van der Waals surface area contributed by atoms with E-state index in [0.29, 0.717) is 43.5 Å². The van der Waals surface area contributed by atoms with Crippen molar-refractivity contribution >= 4 is 25.2 Å². The number of ether oxygens (including phenoxy) is 7. The lowest BCUT2D eigenvalue weighted by molar-refractivity contribution is -0.376. The molecule has 4 rings (SSSR count). The number of amides is 2. The van der Waals surface area contributed by atoms with Crippen molar-refractivity contribution in [2.24, 2.45) is 0 Å². The zero-order valence-electron chi connectivity index (χ0n) is 36.2. The minimum atomic E-state index is -3.48. The highest BCUT2D eigenvalue weighted by Gasteiger charge is 2.54. The zero-order valence-corrected chi connectivity index (χ0v) is 37.1. The SMILES string of the molecule is CC(=O)NC1[C@H](OCCCCC(=O)COc2cccc(C(=O)NCCCCCCOP(C)(=O)O)c2)OC(CO)[C@@H](O[C@@H]2OC(CO)[C@H](O)[C@H](O[C@H]3OC(CO)[C@H](O)C(O)[C@@H]3O)C2O)[C@@H]1O. The van der Waals surface area contributed by atoms with Crippen molar-refractivity contribution in [3.63, 3.8) is 0 Å². The number of benzene rings is 1. The maximum absolute atomic E-state index is 12.6. The minimum Gasteiger partial charge on any atom is -0.486 e. The fourth-order valence-corrected chi connectivity index (χ4v) is 7.75. The van der Waals surface area contributed by atoms with Crippen molar-refractivity contribution in [2.45, 2.75) is 144 Å². The number of ketones is 1. The number of carbonyl (C=O) groups is 3. The second-order valence-corrected chi connectivity index (χ2v) is 17.9. The summed E-state index contributed by atoms with van der Waals surface area (Å²) in [5, 5.41) is 99.5. The number of hydrogen-bond donors (Lipinski definition) is 12. The van der Waals surface area contributed by atoms with Gasteiger partial charge in [-0.2, -0.15) is 0 Å². The van der Waals surface area contributed by atoms with Crippen LogP contribution in [0.1, 0.15) is 62.2 Å². The van der Waals surface area contributed by atoms with Crippen LogP contribution in [0.4, 0.5) is 0 Å². The van der Waals surface area contributed by atoms with Crippen LogP contribution in [0.2, 0.25) is 0 Å². The summed E-state index contributed by atoms with van der Waals surface area (Å²) < 4.78 is 55.7. The Morgan fingerprint density at radius 1 is 0.708 bits per heavy atom. The smallest absolute Gasteiger partial charge is 0.325 e. The number of rotatable bonds is 26. The molecule has 12 N–H and O–H groups in total. The average molecular weight is 957 g/mol. The Morgan fingerprint density at radius 3 is 1.98 bits per heavy atom. The van der Waals surface area contributed by atoms with Gasteiger partial charge in [0.25, 0.3) is 5.91 Å². The summed E-state index contributed by atoms with van der Waals surface area (Å²) in [6, 6.07) is 5.04. The van der Waals surface area contributed by atoms with Crippen LogP contribution in [-0.2, 0) is 47.1 Å². The molecule has 2 amide bonds. The Labute approximate surface area is 375 Å². The summed E-state index contributed by atoms with van der Waals surface area (Å²) in [4.78, 5) is 46.6. The van der Waals surface area contributed by atoms with Gasteiger partial charge in [-0.05, 0) is 43.9 Å². The maximum atomic E-state index is 12.6. The third-order valence-corrected chi connectivity index (χ3v) is 11.5. The highest BCUT2D eigenvalue weighted by Crippen LogP contribution is 2.37. The number of Topliss-reactive ketones (excluding diaryl/α,β-unsaturated/α-hetero) is 1. The van der Waals surface area contributed by atoms with E-state index >= 15 is 0 Å². The molecular weight excluding hydrogens is 891 g/mol. The lowest BCUT2D eigenvalue weighted by Gasteiger charge is -2.48. The van der Waals surface area contributed by atoms with E-state index in [-0.39, 0.29) is 37.9 Å². The largest absolute Gasteiger partial charge is 0.486 e. The summed E-state index contributed by atoms with van der Waals surface area (Å²) in [5.41, 5.74) is 0.347. The monoisotopic (exact) mass is 956 g/mol. The number of carbonyl (C=O) groups excluding carboxylic acids is 3. The predicted octanol–water partition coefficient (Wildman–Crippen LogP) is -3.46. The van der Waals surface area contributed by atoms with Gasteiger partial charge in [0.1, 0.15) is 85.5 Å². The van der Waals surface area contributed by atoms with Gasteiger partial charge in [0.05, 0.1) is 26.4 Å². The van der Waals surface area contributed by atoms with E-state index in [2.05, 4.69) is 10.6 Å². The van der Waals surface area contributed by atoms with Crippen LogP contribution < -0.4 is 15.4 Å². The average Bonchev–Trinajstić information content (AvgIpc) is 3.27. The summed E-state index contributed by atoms with van der Waals surface area (Å²) in [5.74, 6) is -0.845. The predicted molar refractivity (Wildman–Crippen MR) is 220 cm³/mol. The molecule has 0 aromatic heterocycles. The highest BCUT2D eigenvalue weighted by molar-refractivity contribution is 7.51. The molecule has 3 saturated heterocycles. The third kappa shape index (κ3) is 16.4. The van der Waals surface area contributed by atoms with Gasteiger partial charge in [-0.15, -0.1) is 0 Å². The molecule has 0 radical (unpaired) electrons. The maximum Gasteiger partial charge on any atom is 0.325 e. The number of aliphatic hydroxyl groups is 9. The van der Waals surface area contributed by atoms with E-state index < -0.39 is 125 Å². The molecule has 16 atom stereocenters. The fraction of sp³-hybridized carbons (Fsp3) is 0.775. The molecule has 24 nitrogen and oxygen atoms in total. The normalized spacial score (nSPS) is 33.8. The summed E-state index contributed by atoms with van der Waals surface area (Å²) in [6.45, 7) is 0.184. The van der Waals surface area contributed by atoms with Crippen LogP contribution in [0, 0.1) is 0 Å². The number of nitrogens with one attached hydrogen (secondary N) is 2. The first-order valence-electron chi connectivity index (χ1n) is 21.4.